The van der Waals surface area contributed by atoms with Crippen LogP contribution in [0.25, 0.3) is 0 Å². The Hall–Kier alpha value is -0.870. The van der Waals surface area contributed by atoms with Gasteiger partial charge in [0.25, 0.3) is 0 Å². The standard InChI is InChI=1S/C20H29NO2S/c1-15(21-24(22,23)19-5-3-2-4-6-19)20-10-9-16-7-8-17(13-20)12-18(11-16)14-20/h2-6,15-18,21H,7-14H2,1H3/t15-,16-,17+,18+,20-/m0/s1. The summed E-state index contributed by atoms with van der Waals surface area (Å²) in [5.74, 6) is 2.53. The molecule has 3 saturated carbocycles. The highest BCUT2D eigenvalue weighted by Gasteiger charge is 2.48. The van der Waals surface area contributed by atoms with Gasteiger partial charge in [0.05, 0.1) is 4.90 Å². The lowest BCUT2D eigenvalue weighted by Gasteiger charge is -2.47. The summed E-state index contributed by atoms with van der Waals surface area (Å²) in [6, 6.07) is 8.83. The monoisotopic (exact) mass is 347 g/mol. The minimum absolute atomic E-state index is 0.0184. The van der Waals surface area contributed by atoms with E-state index in [1.165, 1.54) is 51.4 Å². The molecule has 0 saturated heterocycles. The van der Waals surface area contributed by atoms with Crippen LogP contribution in [0.15, 0.2) is 35.2 Å². The van der Waals surface area contributed by atoms with Gasteiger partial charge in [0, 0.05) is 6.04 Å². The number of rotatable bonds is 4. The molecule has 0 unspecified atom stereocenters. The number of hydrogen-bond donors (Lipinski definition) is 1. The van der Waals surface area contributed by atoms with Gasteiger partial charge in [-0.25, -0.2) is 13.1 Å². The lowest BCUT2D eigenvalue weighted by molar-refractivity contribution is 0.0605. The van der Waals surface area contributed by atoms with E-state index in [1.54, 1.807) is 24.3 Å². The third kappa shape index (κ3) is 3.03. The van der Waals surface area contributed by atoms with Gasteiger partial charge in [-0.05, 0) is 80.8 Å². The van der Waals surface area contributed by atoms with Crippen LogP contribution in [0.1, 0.15) is 58.3 Å². The first kappa shape index (κ1) is 16.6. The average molecular weight is 348 g/mol. The second kappa shape index (κ2) is 6.14. The zero-order valence-electron chi connectivity index (χ0n) is 14.6. The van der Waals surface area contributed by atoms with Crippen molar-refractivity contribution in [2.45, 2.75) is 69.2 Å². The predicted molar refractivity (Wildman–Crippen MR) is 96.1 cm³/mol. The van der Waals surface area contributed by atoms with Gasteiger partial charge in [0.15, 0.2) is 0 Å². The van der Waals surface area contributed by atoms with E-state index in [-0.39, 0.29) is 11.5 Å². The van der Waals surface area contributed by atoms with Crippen LogP contribution < -0.4 is 4.72 Å². The first-order valence-electron chi connectivity index (χ1n) is 9.54. The molecule has 4 heteroatoms. The minimum Gasteiger partial charge on any atom is -0.208 e. The molecule has 4 rings (SSSR count). The van der Waals surface area contributed by atoms with E-state index >= 15 is 0 Å². The smallest absolute Gasteiger partial charge is 0.208 e. The molecule has 0 amide bonds. The Labute approximate surface area is 146 Å². The van der Waals surface area contributed by atoms with E-state index in [0.717, 1.165) is 17.8 Å². The van der Waals surface area contributed by atoms with E-state index in [1.807, 2.05) is 6.07 Å². The molecular formula is C20H29NO2S. The van der Waals surface area contributed by atoms with Crippen molar-refractivity contribution in [1.82, 2.24) is 4.72 Å². The summed E-state index contributed by atoms with van der Waals surface area (Å²) in [5.41, 5.74) is 0.171. The molecule has 0 aliphatic heterocycles. The topological polar surface area (TPSA) is 46.2 Å². The number of benzene rings is 1. The molecule has 3 aliphatic rings. The largest absolute Gasteiger partial charge is 0.240 e. The number of nitrogens with one attached hydrogen (secondary N) is 1. The third-order valence-corrected chi connectivity index (χ3v) is 8.62. The summed E-state index contributed by atoms with van der Waals surface area (Å²) >= 11 is 0. The Morgan fingerprint density at radius 3 is 2.46 bits per heavy atom. The Bertz CT molecular complexity index is 683. The molecule has 1 aromatic rings. The van der Waals surface area contributed by atoms with Gasteiger partial charge in [-0.2, -0.15) is 0 Å². The first-order valence-corrected chi connectivity index (χ1v) is 11.0. The second-order valence-electron chi connectivity index (χ2n) is 8.61. The fourth-order valence-corrected chi connectivity index (χ4v) is 7.25. The normalized spacial score (nSPS) is 37.0. The second-order valence-corrected chi connectivity index (χ2v) is 10.3. The van der Waals surface area contributed by atoms with Gasteiger partial charge < -0.3 is 0 Å². The zero-order chi connectivity index (χ0) is 16.8. The van der Waals surface area contributed by atoms with Crippen molar-refractivity contribution in [1.29, 1.82) is 0 Å². The molecular weight excluding hydrogens is 318 g/mol. The van der Waals surface area contributed by atoms with Crippen LogP contribution in [0.3, 0.4) is 0 Å². The molecule has 4 bridgehead atoms. The van der Waals surface area contributed by atoms with Crippen molar-refractivity contribution in [3.63, 3.8) is 0 Å². The molecule has 5 atom stereocenters. The molecule has 0 aromatic heterocycles. The lowest BCUT2D eigenvalue weighted by atomic mass is 9.61. The molecule has 3 fully saturated rings. The summed E-state index contributed by atoms with van der Waals surface area (Å²) in [4.78, 5) is 0.385. The number of hydrogen-bond acceptors (Lipinski definition) is 2. The SMILES string of the molecule is C[C@H](NS(=O)(=O)c1ccccc1)[C@]12CC[C@@H]3CC[C@H](C[C@@H](C3)C1)C2. The Balaban J connectivity index is 1.58. The van der Waals surface area contributed by atoms with E-state index in [0.29, 0.717) is 4.90 Å². The molecule has 3 nitrogen and oxygen atoms in total. The van der Waals surface area contributed by atoms with E-state index in [4.69, 9.17) is 0 Å². The third-order valence-electron chi connectivity index (χ3n) is 7.06. The Morgan fingerprint density at radius 2 is 1.67 bits per heavy atom. The van der Waals surface area contributed by atoms with Crippen molar-refractivity contribution in [3.8, 4) is 0 Å². The highest BCUT2D eigenvalue weighted by Crippen LogP contribution is 2.56. The maximum absolute atomic E-state index is 12.8. The van der Waals surface area contributed by atoms with E-state index < -0.39 is 10.0 Å². The Kier molecular flexibility index (Phi) is 4.24. The lowest BCUT2D eigenvalue weighted by Crippen LogP contribution is -2.49. The minimum atomic E-state index is -3.43. The summed E-state index contributed by atoms with van der Waals surface area (Å²) in [6.45, 7) is 2.11. The number of sulfonamides is 1. The van der Waals surface area contributed by atoms with E-state index in [9.17, 15) is 8.42 Å². The molecule has 1 N–H and O–H groups in total. The van der Waals surface area contributed by atoms with Gasteiger partial charge >= 0.3 is 0 Å². The molecule has 0 radical (unpaired) electrons. The van der Waals surface area contributed by atoms with Gasteiger partial charge in [-0.3, -0.25) is 0 Å². The summed E-state index contributed by atoms with van der Waals surface area (Å²) in [6.07, 6.45) is 10.5. The molecule has 1 aromatic carbocycles. The summed E-state index contributed by atoms with van der Waals surface area (Å²) in [5, 5.41) is 0. The van der Waals surface area contributed by atoms with Gasteiger partial charge in [-0.1, -0.05) is 31.0 Å². The summed E-state index contributed by atoms with van der Waals surface area (Å²) < 4.78 is 28.6. The van der Waals surface area contributed by atoms with Gasteiger partial charge in [-0.15, -0.1) is 0 Å². The molecule has 132 valence electrons. The van der Waals surface area contributed by atoms with Crippen LogP contribution in [-0.4, -0.2) is 14.5 Å². The van der Waals surface area contributed by atoms with Crippen LogP contribution in [0, 0.1) is 23.2 Å². The average Bonchev–Trinajstić information content (AvgIpc) is 2.79. The highest BCUT2D eigenvalue weighted by molar-refractivity contribution is 7.89. The zero-order valence-corrected chi connectivity index (χ0v) is 15.4. The maximum atomic E-state index is 12.8. The van der Waals surface area contributed by atoms with Gasteiger partial charge in [0.1, 0.15) is 0 Å². The predicted octanol–water partition coefficient (Wildman–Crippen LogP) is 4.35. The molecule has 0 spiro atoms. The van der Waals surface area contributed by atoms with Crippen molar-refractivity contribution in [3.05, 3.63) is 30.3 Å². The van der Waals surface area contributed by atoms with Crippen LogP contribution in [0.4, 0.5) is 0 Å². The fraction of sp³-hybridized carbons (Fsp3) is 0.700. The number of fused-ring (bicyclic) bond motifs is 3. The molecule has 3 aliphatic carbocycles. The van der Waals surface area contributed by atoms with Crippen molar-refractivity contribution >= 4 is 10.0 Å². The summed E-state index contributed by atoms with van der Waals surface area (Å²) in [7, 11) is -3.43. The van der Waals surface area contributed by atoms with Crippen molar-refractivity contribution in [2.75, 3.05) is 0 Å². The fourth-order valence-electron chi connectivity index (χ4n) is 5.88. The first-order chi connectivity index (χ1) is 11.5. The quantitative estimate of drug-likeness (QED) is 0.880. The van der Waals surface area contributed by atoms with Crippen LogP contribution in [0.2, 0.25) is 0 Å². The highest BCUT2D eigenvalue weighted by atomic mass is 32.2. The maximum Gasteiger partial charge on any atom is 0.240 e. The van der Waals surface area contributed by atoms with Gasteiger partial charge in [0.2, 0.25) is 10.0 Å². The van der Waals surface area contributed by atoms with E-state index in [2.05, 4.69) is 11.6 Å². The van der Waals surface area contributed by atoms with Crippen LogP contribution >= 0.6 is 0 Å². The van der Waals surface area contributed by atoms with Crippen LogP contribution in [0.5, 0.6) is 0 Å². The Morgan fingerprint density at radius 1 is 1.00 bits per heavy atom. The van der Waals surface area contributed by atoms with Crippen LogP contribution in [-0.2, 0) is 10.0 Å². The van der Waals surface area contributed by atoms with Crippen molar-refractivity contribution < 1.29 is 8.42 Å². The molecule has 24 heavy (non-hydrogen) atoms. The van der Waals surface area contributed by atoms with Crippen molar-refractivity contribution in [2.24, 2.45) is 23.2 Å². The molecule has 0 heterocycles.